The second kappa shape index (κ2) is 4.70. The zero-order valence-corrected chi connectivity index (χ0v) is 10.2. The largest absolute Gasteiger partial charge is 0.397 e. The monoisotopic (exact) mass is 260 g/mol. The normalized spacial score (nSPS) is 17.2. The lowest BCUT2D eigenvalue weighted by atomic mass is 10.2. The smallest absolute Gasteiger partial charge is 0.0740 e. The van der Waals surface area contributed by atoms with Crippen LogP contribution in [0.15, 0.2) is 12.1 Å². The highest BCUT2D eigenvalue weighted by molar-refractivity contribution is 6.42. The molecule has 0 saturated heterocycles. The molecule has 0 spiro atoms. The first-order chi connectivity index (χ1) is 7.58. The lowest BCUT2D eigenvalue weighted by molar-refractivity contribution is 0.164. The molecule has 0 radical (unpaired) electrons. The summed E-state index contributed by atoms with van der Waals surface area (Å²) in [4.78, 5) is 0. The average molecular weight is 261 g/mol. The van der Waals surface area contributed by atoms with Crippen LogP contribution >= 0.6 is 23.2 Å². The summed E-state index contributed by atoms with van der Waals surface area (Å²) in [5, 5.41) is 13.7. The quantitative estimate of drug-likeness (QED) is 0.730. The summed E-state index contributed by atoms with van der Waals surface area (Å²) >= 11 is 11.7. The van der Waals surface area contributed by atoms with Gasteiger partial charge in [0.05, 0.1) is 27.5 Å². The Kier molecular flexibility index (Phi) is 3.47. The lowest BCUT2D eigenvalue weighted by Crippen LogP contribution is -2.21. The summed E-state index contributed by atoms with van der Waals surface area (Å²) < 4.78 is 0. The van der Waals surface area contributed by atoms with E-state index in [1.165, 1.54) is 0 Å². The van der Waals surface area contributed by atoms with Crippen LogP contribution in [0.1, 0.15) is 12.8 Å². The molecule has 88 valence electrons. The summed E-state index contributed by atoms with van der Waals surface area (Å²) in [5.41, 5.74) is 7.04. The number of aliphatic hydroxyl groups is 1. The molecule has 5 heteroatoms. The van der Waals surface area contributed by atoms with Crippen molar-refractivity contribution < 1.29 is 5.11 Å². The molecule has 2 rings (SSSR count). The maximum atomic E-state index is 9.70. The molecule has 1 aliphatic carbocycles. The van der Waals surface area contributed by atoms with E-state index in [1.54, 1.807) is 12.1 Å². The number of nitrogens with one attached hydrogen (secondary N) is 1. The zero-order valence-electron chi connectivity index (χ0n) is 8.71. The molecule has 16 heavy (non-hydrogen) atoms. The zero-order chi connectivity index (χ0) is 11.7. The topological polar surface area (TPSA) is 58.3 Å². The number of hydrogen-bond donors (Lipinski definition) is 3. The Morgan fingerprint density at radius 3 is 2.62 bits per heavy atom. The SMILES string of the molecule is Nc1cc(Cl)c(Cl)cc1NCC(O)C1CC1. The molecular weight excluding hydrogens is 247 g/mol. The van der Waals surface area contributed by atoms with E-state index in [0.717, 1.165) is 12.8 Å². The standard InChI is InChI=1S/C11H14Cl2N2O/c12-7-3-9(14)10(4-8(7)13)15-5-11(16)6-1-2-6/h3-4,6,11,15-16H,1-2,5,14H2. The van der Waals surface area contributed by atoms with Gasteiger partial charge in [-0.2, -0.15) is 0 Å². The van der Waals surface area contributed by atoms with Crippen molar-refractivity contribution in [3.05, 3.63) is 22.2 Å². The summed E-state index contributed by atoms with van der Waals surface area (Å²) in [6.45, 7) is 0.493. The third-order valence-electron chi connectivity index (χ3n) is 2.76. The van der Waals surface area contributed by atoms with Crippen LogP contribution in [0.25, 0.3) is 0 Å². The van der Waals surface area contributed by atoms with Gasteiger partial charge in [0, 0.05) is 6.54 Å². The lowest BCUT2D eigenvalue weighted by Gasteiger charge is -2.14. The molecule has 0 aromatic heterocycles. The van der Waals surface area contributed by atoms with Gasteiger partial charge in [0.25, 0.3) is 0 Å². The molecule has 1 aromatic rings. The number of anilines is 2. The van der Waals surface area contributed by atoms with Crippen LogP contribution in [0.5, 0.6) is 0 Å². The van der Waals surface area contributed by atoms with E-state index in [1.807, 2.05) is 0 Å². The Morgan fingerprint density at radius 2 is 2.00 bits per heavy atom. The van der Waals surface area contributed by atoms with Crippen molar-refractivity contribution in [1.29, 1.82) is 0 Å². The molecule has 0 aliphatic heterocycles. The van der Waals surface area contributed by atoms with Gasteiger partial charge in [-0.1, -0.05) is 23.2 Å². The molecule has 4 N–H and O–H groups in total. The van der Waals surface area contributed by atoms with Crippen molar-refractivity contribution in [2.24, 2.45) is 5.92 Å². The molecule has 3 nitrogen and oxygen atoms in total. The highest BCUT2D eigenvalue weighted by Gasteiger charge is 2.29. The fourth-order valence-corrected chi connectivity index (χ4v) is 1.91. The maximum Gasteiger partial charge on any atom is 0.0740 e. The van der Waals surface area contributed by atoms with Crippen molar-refractivity contribution in [3.8, 4) is 0 Å². The third-order valence-corrected chi connectivity index (χ3v) is 3.48. The Hall–Kier alpha value is -0.640. The predicted molar refractivity (Wildman–Crippen MR) is 68.1 cm³/mol. The molecule has 1 aliphatic rings. The maximum absolute atomic E-state index is 9.70. The number of aliphatic hydroxyl groups excluding tert-OH is 1. The van der Waals surface area contributed by atoms with E-state index in [4.69, 9.17) is 28.9 Å². The molecule has 1 saturated carbocycles. The van der Waals surface area contributed by atoms with Gasteiger partial charge in [0.2, 0.25) is 0 Å². The number of nitrogen functional groups attached to an aromatic ring is 1. The van der Waals surface area contributed by atoms with Crippen LogP contribution < -0.4 is 11.1 Å². The van der Waals surface area contributed by atoms with Gasteiger partial charge in [-0.15, -0.1) is 0 Å². The molecule has 0 amide bonds. The number of halogens is 2. The van der Waals surface area contributed by atoms with Gasteiger partial charge in [-0.05, 0) is 30.9 Å². The molecule has 0 bridgehead atoms. The molecular formula is C11H14Cl2N2O. The van der Waals surface area contributed by atoms with Crippen LogP contribution in [0.4, 0.5) is 11.4 Å². The van der Waals surface area contributed by atoms with Gasteiger partial charge in [0.15, 0.2) is 0 Å². The van der Waals surface area contributed by atoms with Gasteiger partial charge >= 0.3 is 0 Å². The van der Waals surface area contributed by atoms with E-state index < -0.39 is 0 Å². The molecule has 0 heterocycles. The van der Waals surface area contributed by atoms with Crippen molar-refractivity contribution >= 4 is 34.6 Å². The molecule has 1 aromatic carbocycles. The predicted octanol–water partition coefficient (Wildman–Crippen LogP) is 2.76. The molecule has 1 fully saturated rings. The van der Waals surface area contributed by atoms with E-state index in [9.17, 15) is 5.11 Å². The van der Waals surface area contributed by atoms with E-state index >= 15 is 0 Å². The fourth-order valence-electron chi connectivity index (χ4n) is 1.58. The number of benzene rings is 1. The summed E-state index contributed by atoms with van der Waals surface area (Å²) in [6, 6.07) is 3.29. The number of nitrogens with two attached hydrogens (primary N) is 1. The third kappa shape index (κ3) is 2.73. The minimum atomic E-state index is -0.311. The van der Waals surface area contributed by atoms with Gasteiger partial charge in [-0.25, -0.2) is 0 Å². The van der Waals surface area contributed by atoms with Crippen molar-refractivity contribution in [1.82, 2.24) is 0 Å². The summed E-state index contributed by atoms with van der Waals surface area (Å²) in [5.74, 6) is 0.441. The summed E-state index contributed by atoms with van der Waals surface area (Å²) in [7, 11) is 0. The first kappa shape index (κ1) is 11.8. The molecule has 1 unspecified atom stereocenters. The van der Waals surface area contributed by atoms with Crippen LogP contribution in [-0.2, 0) is 0 Å². The highest BCUT2D eigenvalue weighted by atomic mass is 35.5. The van der Waals surface area contributed by atoms with E-state index in [0.29, 0.717) is 33.9 Å². The first-order valence-corrected chi connectivity index (χ1v) is 6.00. The van der Waals surface area contributed by atoms with Crippen molar-refractivity contribution in [2.75, 3.05) is 17.6 Å². The average Bonchev–Trinajstić information content (AvgIpc) is 3.04. The van der Waals surface area contributed by atoms with Crippen LogP contribution in [-0.4, -0.2) is 17.8 Å². The van der Waals surface area contributed by atoms with Crippen LogP contribution in [0, 0.1) is 5.92 Å². The first-order valence-electron chi connectivity index (χ1n) is 5.24. The minimum absolute atomic E-state index is 0.311. The Bertz CT molecular complexity index is 394. The van der Waals surface area contributed by atoms with Crippen LogP contribution in [0.3, 0.4) is 0 Å². The molecule has 1 atom stereocenters. The highest BCUT2D eigenvalue weighted by Crippen LogP contribution is 2.34. The van der Waals surface area contributed by atoms with Gasteiger partial charge in [-0.3, -0.25) is 0 Å². The number of rotatable bonds is 4. The van der Waals surface area contributed by atoms with Gasteiger partial charge < -0.3 is 16.2 Å². The number of hydrogen-bond acceptors (Lipinski definition) is 3. The Balaban J connectivity index is 2.00. The summed E-state index contributed by atoms with van der Waals surface area (Å²) in [6.07, 6.45) is 1.91. The van der Waals surface area contributed by atoms with Crippen molar-refractivity contribution in [2.45, 2.75) is 18.9 Å². The van der Waals surface area contributed by atoms with E-state index in [2.05, 4.69) is 5.32 Å². The second-order valence-corrected chi connectivity index (χ2v) is 4.95. The van der Waals surface area contributed by atoms with Gasteiger partial charge in [0.1, 0.15) is 0 Å². The van der Waals surface area contributed by atoms with E-state index in [-0.39, 0.29) is 6.10 Å². The van der Waals surface area contributed by atoms with Crippen molar-refractivity contribution in [3.63, 3.8) is 0 Å². The Labute approximate surface area is 105 Å². The second-order valence-electron chi connectivity index (χ2n) is 4.14. The van der Waals surface area contributed by atoms with Crippen LogP contribution in [0.2, 0.25) is 10.0 Å². The fraction of sp³-hybridized carbons (Fsp3) is 0.455. The minimum Gasteiger partial charge on any atom is -0.397 e. The Morgan fingerprint density at radius 1 is 1.38 bits per heavy atom.